The predicted molar refractivity (Wildman–Crippen MR) is 108 cm³/mol. The van der Waals surface area contributed by atoms with Gasteiger partial charge in [0.15, 0.2) is 0 Å². The number of nitrogens with one attached hydrogen (secondary N) is 2. The lowest BCUT2D eigenvalue weighted by Gasteiger charge is -2.17. The van der Waals surface area contributed by atoms with Gasteiger partial charge in [-0.3, -0.25) is 14.4 Å². The second kappa shape index (κ2) is 8.69. The molecule has 3 rings (SSSR count). The molecule has 0 aromatic heterocycles. The Balaban J connectivity index is 1.56. The number of likely N-dealkylation sites (tertiary alicyclic amines) is 1. The summed E-state index contributed by atoms with van der Waals surface area (Å²) in [6, 6.07) is 16.0. The number of carbonyl (C=O) groups is 3. The Morgan fingerprint density at radius 2 is 1.75 bits per heavy atom. The van der Waals surface area contributed by atoms with Crippen LogP contribution in [-0.2, 0) is 16.1 Å². The minimum absolute atomic E-state index is 0.0574. The highest BCUT2D eigenvalue weighted by molar-refractivity contribution is 5.99. The van der Waals surface area contributed by atoms with E-state index in [9.17, 15) is 14.4 Å². The Bertz CT molecular complexity index is 847. The molecule has 2 N–H and O–H groups in total. The lowest BCUT2D eigenvalue weighted by molar-refractivity contribution is -0.129. The van der Waals surface area contributed by atoms with Crippen LogP contribution in [0.1, 0.15) is 36.2 Å². The van der Waals surface area contributed by atoms with Gasteiger partial charge in [0.1, 0.15) is 6.04 Å². The first kappa shape index (κ1) is 19.6. The van der Waals surface area contributed by atoms with Crippen molar-refractivity contribution in [3.63, 3.8) is 0 Å². The normalized spacial score (nSPS) is 16.3. The number of rotatable bonds is 6. The highest BCUT2D eigenvalue weighted by Crippen LogP contribution is 2.16. The van der Waals surface area contributed by atoms with Crippen molar-refractivity contribution in [3.8, 4) is 0 Å². The van der Waals surface area contributed by atoms with Gasteiger partial charge in [-0.2, -0.15) is 0 Å². The van der Waals surface area contributed by atoms with Crippen LogP contribution in [0.25, 0.3) is 0 Å². The number of nitrogens with zero attached hydrogens (tertiary/aromatic N) is 1. The van der Waals surface area contributed by atoms with Gasteiger partial charge in [-0.1, -0.05) is 44.2 Å². The summed E-state index contributed by atoms with van der Waals surface area (Å²) < 4.78 is 0. The molecule has 0 radical (unpaired) electrons. The fraction of sp³-hybridized carbons (Fsp3) is 0.318. The summed E-state index contributed by atoms with van der Waals surface area (Å²) in [5, 5.41) is 5.61. The van der Waals surface area contributed by atoms with Gasteiger partial charge in [-0.05, 0) is 36.2 Å². The Labute approximate surface area is 164 Å². The first-order chi connectivity index (χ1) is 13.4. The molecule has 1 aliphatic heterocycles. The van der Waals surface area contributed by atoms with E-state index in [0.717, 1.165) is 5.56 Å². The van der Waals surface area contributed by atoms with Crippen LogP contribution in [0.3, 0.4) is 0 Å². The fourth-order valence-corrected chi connectivity index (χ4v) is 3.07. The zero-order valence-electron chi connectivity index (χ0n) is 16.1. The van der Waals surface area contributed by atoms with E-state index < -0.39 is 6.04 Å². The standard InChI is InChI=1S/C22H25N3O3/c1-15(2)20(26)23-18-10-8-17(9-11-18)21(27)24-19-12-13-25(22(19)28)14-16-6-4-3-5-7-16/h3-11,15,19H,12-14H2,1-2H3,(H,23,26)(H,24,27). The van der Waals surface area contributed by atoms with Gasteiger partial charge in [0.25, 0.3) is 5.91 Å². The molecule has 2 aromatic carbocycles. The van der Waals surface area contributed by atoms with Crippen molar-refractivity contribution in [2.24, 2.45) is 5.92 Å². The van der Waals surface area contributed by atoms with E-state index in [-0.39, 0.29) is 23.6 Å². The summed E-state index contributed by atoms with van der Waals surface area (Å²) in [5.41, 5.74) is 2.17. The summed E-state index contributed by atoms with van der Waals surface area (Å²) in [5.74, 6) is -0.540. The minimum atomic E-state index is -0.503. The second-order valence-electron chi connectivity index (χ2n) is 7.28. The van der Waals surface area contributed by atoms with Gasteiger partial charge < -0.3 is 15.5 Å². The molecule has 146 valence electrons. The van der Waals surface area contributed by atoms with E-state index in [1.54, 1.807) is 29.2 Å². The van der Waals surface area contributed by atoms with Crippen LogP contribution in [0.5, 0.6) is 0 Å². The molecular weight excluding hydrogens is 354 g/mol. The van der Waals surface area contributed by atoms with E-state index in [1.807, 2.05) is 44.2 Å². The number of amides is 3. The van der Waals surface area contributed by atoms with Gasteiger partial charge in [0.2, 0.25) is 11.8 Å². The molecule has 6 heteroatoms. The monoisotopic (exact) mass is 379 g/mol. The van der Waals surface area contributed by atoms with Gasteiger partial charge in [0, 0.05) is 30.3 Å². The molecule has 0 spiro atoms. The largest absolute Gasteiger partial charge is 0.340 e. The molecular formula is C22H25N3O3. The molecule has 0 bridgehead atoms. The Morgan fingerprint density at radius 3 is 2.39 bits per heavy atom. The summed E-state index contributed by atoms with van der Waals surface area (Å²) in [4.78, 5) is 38.6. The number of hydrogen-bond acceptors (Lipinski definition) is 3. The molecule has 1 fully saturated rings. The van der Waals surface area contributed by atoms with Crippen molar-refractivity contribution < 1.29 is 14.4 Å². The van der Waals surface area contributed by atoms with Crippen molar-refractivity contribution >= 4 is 23.4 Å². The lowest BCUT2D eigenvalue weighted by atomic mass is 10.1. The van der Waals surface area contributed by atoms with E-state index in [0.29, 0.717) is 30.8 Å². The minimum Gasteiger partial charge on any atom is -0.340 e. The van der Waals surface area contributed by atoms with Gasteiger partial charge in [0.05, 0.1) is 0 Å². The zero-order valence-corrected chi connectivity index (χ0v) is 16.1. The third kappa shape index (κ3) is 4.76. The van der Waals surface area contributed by atoms with Gasteiger partial charge in [-0.15, -0.1) is 0 Å². The highest BCUT2D eigenvalue weighted by atomic mass is 16.2. The summed E-state index contributed by atoms with van der Waals surface area (Å²) in [6.07, 6.45) is 0.597. The molecule has 1 atom stereocenters. The van der Waals surface area contributed by atoms with Crippen molar-refractivity contribution in [1.29, 1.82) is 0 Å². The van der Waals surface area contributed by atoms with Crippen molar-refractivity contribution in [2.75, 3.05) is 11.9 Å². The lowest BCUT2D eigenvalue weighted by Crippen LogP contribution is -2.41. The van der Waals surface area contributed by atoms with E-state index in [1.165, 1.54) is 0 Å². The number of benzene rings is 2. The molecule has 6 nitrogen and oxygen atoms in total. The highest BCUT2D eigenvalue weighted by Gasteiger charge is 2.32. The Kier molecular flexibility index (Phi) is 6.09. The van der Waals surface area contributed by atoms with E-state index in [4.69, 9.17) is 0 Å². The molecule has 28 heavy (non-hydrogen) atoms. The van der Waals surface area contributed by atoms with Crippen molar-refractivity contribution in [3.05, 3.63) is 65.7 Å². The van der Waals surface area contributed by atoms with E-state index >= 15 is 0 Å². The first-order valence-corrected chi connectivity index (χ1v) is 9.48. The van der Waals surface area contributed by atoms with Crippen molar-refractivity contribution in [1.82, 2.24) is 10.2 Å². The average molecular weight is 379 g/mol. The predicted octanol–water partition coefficient (Wildman–Crippen LogP) is 2.81. The maximum Gasteiger partial charge on any atom is 0.251 e. The molecule has 2 aromatic rings. The smallest absolute Gasteiger partial charge is 0.251 e. The third-order valence-electron chi connectivity index (χ3n) is 4.76. The maximum absolute atomic E-state index is 12.6. The second-order valence-corrected chi connectivity index (χ2v) is 7.28. The van der Waals surface area contributed by atoms with Crippen LogP contribution in [0.2, 0.25) is 0 Å². The SMILES string of the molecule is CC(C)C(=O)Nc1ccc(C(=O)NC2CCN(Cc3ccccc3)C2=O)cc1. The topological polar surface area (TPSA) is 78.5 Å². The first-order valence-electron chi connectivity index (χ1n) is 9.48. The molecule has 1 heterocycles. The maximum atomic E-state index is 12.6. The van der Waals surface area contributed by atoms with Crippen LogP contribution >= 0.6 is 0 Å². The van der Waals surface area contributed by atoms with E-state index in [2.05, 4.69) is 10.6 Å². The van der Waals surface area contributed by atoms with Crippen LogP contribution < -0.4 is 10.6 Å². The number of hydrogen-bond donors (Lipinski definition) is 2. The van der Waals surface area contributed by atoms with Crippen LogP contribution in [0, 0.1) is 5.92 Å². The van der Waals surface area contributed by atoms with Gasteiger partial charge in [-0.25, -0.2) is 0 Å². The van der Waals surface area contributed by atoms with Crippen LogP contribution in [-0.4, -0.2) is 35.2 Å². The average Bonchev–Trinajstić information content (AvgIpc) is 3.02. The summed E-state index contributed by atoms with van der Waals surface area (Å²) >= 11 is 0. The fourth-order valence-electron chi connectivity index (χ4n) is 3.07. The Hall–Kier alpha value is -3.15. The van der Waals surface area contributed by atoms with Gasteiger partial charge >= 0.3 is 0 Å². The number of carbonyl (C=O) groups excluding carboxylic acids is 3. The molecule has 0 aliphatic carbocycles. The Morgan fingerprint density at radius 1 is 1.07 bits per heavy atom. The third-order valence-corrected chi connectivity index (χ3v) is 4.76. The molecule has 1 aliphatic rings. The zero-order chi connectivity index (χ0) is 20.1. The quantitative estimate of drug-likeness (QED) is 0.810. The van der Waals surface area contributed by atoms with Crippen molar-refractivity contribution in [2.45, 2.75) is 32.9 Å². The summed E-state index contributed by atoms with van der Waals surface area (Å²) in [6.45, 7) is 4.81. The molecule has 1 saturated heterocycles. The van der Waals surface area contributed by atoms with Crippen LogP contribution in [0.15, 0.2) is 54.6 Å². The summed E-state index contributed by atoms with van der Waals surface area (Å²) in [7, 11) is 0. The molecule has 0 saturated carbocycles. The number of anilines is 1. The van der Waals surface area contributed by atoms with Crippen LogP contribution in [0.4, 0.5) is 5.69 Å². The molecule has 3 amide bonds. The molecule has 1 unspecified atom stereocenters.